The lowest BCUT2D eigenvalue weighted by Crippen LogP contribution is -2.55. The van der Waals surface area contributed by atoms with E-state index < -0.39 is 83.5 Å². The van der Waals surface area contributed by atoms with E-state index in [1.807, 2.05) is 6.07 Å². The molecule has 3 aromatic rings. The molecule has 0 bridgehead atoms. The summed E-state index contributed by atoms with van der Waals surface area (Å²) in [5, 5.41) is 51.4. The quantitative estimate of drug-likeness (QED) is 0.212. The van der Waals surface area contributed by atoms with Crippen molar-refractivity contribution in [1.29, 1.82) is 0 Å². The summed E-state index contributed by atoms with van der Waals surface area (Å²) >= 11 is 0.966. The SMILES string of the molecule is OC[C@H]1O[C@@H](S[C@@H](c2ncccc2C2CC2)C2(O)CCC(F)(F)CC2)[C@H](O)[C@@H](n2cc(-c3cc(F)c(F)c(F)c3)nn2)[C@H]1O. The van der Waals surface area contributed by atoms with Gasteiger partial charge in [0.25, 0.3) is 0 Å². The maximum Gasteiger partial charge on any atom is 0.248 e. The van der Waals surface area contributed by atoms with E-state index in [-0.39, 0.29) is 30.0 Å². The standard InChI is InChI=1S/C29H31F5N4O5S/c30-17-10-15(11-18(31)21(17)32)19-12-38(37-36-19)23-24(40)20(13-39)43-27(25(23)41)44-26(28(42)5-7-29(33,34)8-6-28)22-16(14-3-4-14)2-1-9-35-22/h1-2,9-12,14,20,23-27,39-42H,3-8,13H2/t20-,23+,24+,25-,26+,27+/m1/s1. The summed E-state index contributed by atoms with van der Waals surface area (Å²) in [5.41, 5.74) is -1.72. The third-order valence-corrected chi connectivity index (χ3v) is 10.3. The molecule has 2 aromatic heterocycles. The van der Waals surface area contributed by atoms with E-state index in [0.717, 1.165) is 47.0 Å². The number of hydrogen-bond donors (Lipinski definition) is 4. The van der Waals surface area contributed by atoms with Crippen molar-refractivity contribution in [2.45, 2.75) is 91.0 Å². The molecular formula is C29H31F5N4O5S. The number of hydrogen-bond acceptors (Lipinski definition) is 9. The van der Waals surface area contributed by atoms with Crippen LogP contribution in [0.4, 0.5) is 22.0 Å². The average Bonchev–Trinajstić information content (AvgIpc) is 3.74. The second-order valence-corrected chi connectivity index (χ2v) is 13.0. The molecule has 0 amide bonds. The number of halogens is 5. The maximum atomic E-state index is 14.2. The van der Waals surface area contributed by atoms with Crippen molar-refractivity contribution in [1.82, 2.24) is 20.0 Å². The lowest BCUT2D eigenvalue weighted by molar-refractivity contribution is -0.179. The van der Waals surface area contributed by atoms with Crippen molar-refractivity contribution >= 4 is 11.8 Å². The summed E-state index contributed by atoms with van der Waals surface area (Å²) < 4.78 is 76.6. The summed E-state index contributed by atoms with van der Waals surface area (Å²) in [6.07, 6.45) is -1.29. The van der Waals surface area contributed by atoms with Crippen molar-refractivity contribution in [3.63, 3.8) is 0 Å². The number of rotatable bonds is 8. The first-order valence-corrected chi connectivity index (χ1v) is 15.2. The van der Waals surface area contributed by atoms with Gasteiger partial charge in [-0.2, -0.15) is 0 Å². The Kier molecular flexibility index (Phi) is 8.47. The fourth-order valence-electron chi connectivity index (χ4n) is 6.03. The van der Waals surface area contributed by atoms with E-state index in [1.54, 1.807) is 12.3 Å². The largest absolute Gasteiger partial charge is 0.394 e. The van der Waals surface area contributed by atoms with E-state index in [1.165, 1.54) is 6.20 Å². The average molecular weight is 643 g/mol. The molecule has 0 spiro atoms. The normalized spacial score (nSPS) is 29.0. The highest BCUT2D eigenvalue weighted by molar-refractivity contribution is 8.00. The van der Waals surface area contributed by atoms with Crippen molar-refractivity contribution in [3.8, 4) is 11.3 Å². The van der Waals surface area contributed by atoms with Crippen LogP contribution in [0.1, 0.15) is 67.0 Å². The molecule has 1 aliphatic heterocycles. The van der Waals surface area contributed by atoms with Crippen LogP contribution in [0.15, 0.2) is 36.7 Å². The highest BCUT2D eigenvalue weighted by Crippen LogP contribution is 2.55. The molecule has 238 valence electrons. The Morgan fingerprint density at radius 1 is 1.05 bits per heavy atom. The van der Waals surface area contributed by atoms with Crippen molar-refractivity contribution in [2.75, 3.05) is 6.61 Å². The number of aromatic nitrogens is 4. The summed E-state index contributed by atoms with van der Waals surface area (Å²) in [7, 11) is 0. The second kappa shape index (κ2) is 11.9. The topological polar surface area (TPSA) is 134 Å². The molecule has 0 unspecified atom stereocenters. The summed E-state index contributed by atoms with van der Waals surface area (Å²) in [6, 6.07) is 3.80. The first-order valence-electron chi connectivity index (χ1n) is 14.3. The third-order valence-electron chi connectivity index (χ3n) is 8.69. The van der Waals surface area contributed by atoms with E-state index >= 15 is 0 Å². The van der Waals surface area contributed by atoms with Gasteiger partial charge in [0.2, 0.25) is 5.92 Å². The molecule has 44 heavy (non-hydrogen) atoms. The number of ether oxygens (including phenoxy) is 1. The fourth-order valence-corrected chi connectivity index (χ4v) is 7.64. The molecule has 2 saturated carbocycles. The van der Waals surface area contributed by atoms with Gasteiger partial charge in [-0.15, -0.1) is 16.9 Å². The van der Waals surface area contributed by atoms with Crippen molar-refractivity contribution in [2.24, 2.45) is 0 Å². The molecule has 3 heterocycles. The van der Waals surface area contributed by atoms with Crippen LogP contribution in [-0.2, 0) is 4.74 Å². The number of pyridine rings is 1. The van der Waals surface area contributed by atoms with Crippen LogP contribution in [0.5, 0.6) is 0 Å². The van der Waals surface area contributed by atoms with Crippen LogP contribution in [0.3, 0.4) is 0 Å². The molecule has 3 aliphatic rings. The monoisotopic (exact) mass is 642 g/mol. The Morgan fingerprint density at radius 3 is 2.36 bits per heavy atom. The second-order valence-electron chi connectivity index (χ2n) is 11.8. The zero-order valence-electron chi connectivity index (χ0n) is 23.2. The minimum atomic E-state index is -2.93. The van der Waals surface area contributed by atoms with Gasteiger partial charge in [0.15, 0.2) is 17.5 Å². The van der Waals surface area contributed by atoms with Crippen LogP contribution in [0.2, 0.25) is 0 Å². The molecule has 0 radical (unpaired) electrons. The van der Waals surface area contributed by atoms with E-state index in [2.05, 4.69) is 15.3 Å². The Labute approximate surface area is 253 Å². The van der Waals surface area contributed by atoms with Crippen LogP contribution in [-0.4, -0.2) is 82.3 Å². The highest BCUT2D eigenvalue weighted by Gasteiger charge is 2.53. The van der Waals surface area contributed by atoms with E-state index in [4.69, 9.17) is 4.74 Å². The smallest absolute Gasteiger partial charge is 0.248 e. The number of thioether (sulfide) groups is 1. The lowest BCUT2D eigenvalue weighted by atomic mass is 9.78. The molecular weight excluding hydrogens is 611 g/mol. The molecule has 6 rings (SSSR count). The van der Waals surface area contributed by atoms with Gasteiger partial charge in [0, 0.05) is 24.6 Å². The molecule has 6 atom stereocenters. The first kappa shape index (κ1) is 31.3. The molecule has 1 saturated heterocycles. The Morgan fingerprint density at radius 2 is 1.73 bits per heavy atom. The third kappa shape index (κ3) is 5.97. The number of alkyl halides is 2. The molecule has 3 fully saturated rings. The maximum absolute atomic E-state index is 14.2. The van der Waals surface area contributed by atoms with Gasteiger partial charge >= 0.3 is 0 Å². The fraction of sp³-hybridized carbons (Fsp3) is 0.552. The molecule has 15 heteroatoms. The van der Waals surface area contributed by atoms with Gasteiger partial charge in [-0.1, -0.05) is 11.3 Å². The van der Waals surface area contributed by atoms with Gasteiger partial charge < -0.3 is 25.2 Å². The zero-order valence-corrected chi connectivity index (χ0v) is 24.1. The predicted octanol–water partition coefficient (Wildman–Crippen LogP) is 4.03. The lowest BCUT2D eigenvalue weighted by Gasteiger charge is -2.46. The Bertz CT molecular complexity index is 1480. The number of aliphatic hydroxyl groups excluding tert-OH is 3. The van der Waals surface area contributed by atoms with Gasteiger partial charge in [-0.3, -0.25) is 4.98 Å². The molecule has 2 aliphatic carbocycles. The summed E-state index contributed by atoms with van der Waals surface area (Å²) in [6.45, 7) is -0.671. The van der Waals surface area contributed by atoms with Gasteiger partial charge in [0.05, 0.1) is 29.3 Å². The minimum absolute atomic E-state index is 0.0867. The number of aliphatic hydroxyl groups is 4. The highest BCUT2D eigenvalue weighted by atomic mass is 32.2. The van der Waals surface area contributed by atoms with Crippen LogP contribution in [0, 0.1) is 17.5 Å². The number of benzene rings is 1. The molecule has 1 aromatic carbocycles. The zero-order chi connectivity index (χ0) is 31.4. The van der Waals surface area contributed by atoms with Gasteiger partial charge in [-0.25, -0.2) is 26.6 Å². The van der Waals surface area contributed by atoms with Crippen LogP contribution >= 0.6 is 11.8 Å². The van der Waals surface area contributed by atoms with Crippen molar-refractivity contribution in [3.05, 3.63) is 65.4 Å². The van der Waals surface area contributed by atoms with Crippen molar-refractivity contribution < 1.29 is 47.1 Å². The van der Waals surface area contributed by atoms with E-state index in [9.17, 15) is 42.4 Å². The van der Waals surface area contributed by atoms with E-state index in [0.29, 0.717) is 5.69 Å². The predicted molar refractivity (Wildman–Crippen MR) is 147 cm³/mol. The Balaban J connectivity index is 1.34. The summed E-state index contributed by atoms with van der Waals surface area (Å²) in [5.74, 6) is -7.27. The molecule has 4 N–H and O–H groups in total. The first-order chi connectivity index (χ1) is 20.9. The minimum Gasteiger partial charge on any atom is -0.394 e. The Hall–Kier alpha value is -2.69. The number of nitrogens with zero attached hydrogens (tertiary/aromatic N) is 4. The molecule has 9 nitrogen and oxygen atoms in total. The van der Waals surface area contributed by atoms with Gasteiger partial charge in [-0.05, 0) is 55.4 Å². The van der Waals surface area contributed by atoms with Gasteiger partial charge in [0.1, 0.15) is 35.5 Å². The van der Waals surface area contributed by atoms with Crippen LogP contribution < -0.4 is 0 Å². The van der Waals surface area contributed by atoms with Crippen LogP contribution in [0.25, 0.3) is 11.3 Å². The summed E-state index contributed by atoms with van der Waals surface area (Å²) in [4.78, 5) is 4.56.